The highest BCUT2D eigenvalue weighted by molar-refractivity contribution is 7.13. The average molecular weight is 336 g/mol. The number of aromatic nitrogens is 3. The first kappa shape index (κ1) is 15.1. The number of carbonyl (C=O) groups excluding carboxylic acids is 1. The predicted molar refractivity (Wildman–Crippen MR) is 77.4 cm³/mol. The van der Waals surface area contributed by atoms with E-state index in [1.165, 1.54) is 24.0 Å². The average Bonchev–Trinajstić information content (AvgIpc) is 3.06. The summed E-state index contributed by atoms with van der Waals surface area (Å²) in [6.07, 6.45) is 4.46. The number of hydrogen-bond donors (Lipinski definition) is 1. The molecule has 0 radical (unpaired) electrons. The van der Waals surface area contributed by atoms with Crippen LogP contribution in [0.4, 0.5) is 18.9 Å². The van der Waals surface area contributed by atoms with Crippen molar-refractivity contribution in [3.05, 3.63) is 59.2 Å². The molecular weight excluding hydrogens is 329 g/mol. The summed E-state index contributed by atoms with van der Waals surface area (Å²) in [5.41, 5.74) is 0.0123. The van der Waals surface area contributed by atoms with Crippen LogP contribution >= 0.6 is 11.3 Å². The fraction of sp³-hybridized carbons (Fsp3) is 0. The molecule has 0 fully saturated rings. The third kappa shape index (κ3) is 3.04. The molecule has 0 atom stereocenters. The minimum absolute atomic E-state index is 0.000198. The number of thiazole rings is 1. The third-order valence-electron chi connectivity index (χ3n) is 2.80. The number of nitrogens with one attached hydrogen (secondary N) is 1. The van der Waals surface area contributed by atoms with Crippen LogP contribution in [0.25, 0.3) is 10.7 Å². The Bertz CT molecular complexity index is 870. The number of nitrogens with zero attached hydrogens (tertiary/aromatic N) is 3. The number of amides is 1. The summed E-state index contributed by atoms with van der Waals surface area (Å²) in [6.45, 7) is 0. The number of rotatable bonds is 3. The molecule has 1 N–H and O–H groups in total. The first-order valence-electron chi connectivity index (χ1n) is 6.23. The van der Waals surface area contributed by atoms with E-state index in [2.05, 4.69) is 20.3 Å². The topological polar surface area (TPSA) is 67.8 Å². The lowest BCUT2D eigenvalue weighted by molar-refractivity contribution is 0.102. The van der Waals surface area contributed by atoms with Gasteiger partial charge in [-0.05, 0) is 12.1 Å². The Morgan fingerprint density at radius 1 is 1.13 bits per heavy atom. The van der Waals surface area contributed by atoms with Crippen LogP contribution in [0.15, 0.2) is 36.1 Å². The van der Waals surface area contributed by atoms with Crippen LogP contribution < -0.4 is 5.32 Å². The fourth-order valence-electron chi connectivity index (χ4n) is 1.71. The molecule has 2 aromatic heterocycles. The predicted octanol–water partition coefficient (Wildman–Crippen LogP) is 3.27. The lowest BCUT2D eigenvalue weighted by atomic mass is 10.2. The number of hydrogen-bond acceptors (Lipinski definition) is 5. The molecule has 0 saturated carbocycles. The third-order valence-corrected chi connectivity index (χ3v) is 3.67. The lowest BCUT2D eigenvalue weighted by Gasteiger charge is -2.05. The highest BCUT2D eigenvalue weighted by Gasteiger charge is 2.18. The van der Waals surface area contributed by atoms with Crippen LogP contribution in [0.3, 0.4) is 0 Å². The Kier molecular flexibility index (Phi) is 4.02. The molecule has 0 aliphatic carbocycles. The van der Waals surface area contributed by atoms with Crippen molar-refractivity contribution in [2.75, 3.05) is 5.32 Å². The minimum atomic E-state index is -1.65. The summed E-state index contributed by atoms with van der Waals surface area (Å²) < 4.78 is 39.5. The molecule has 0 saturated heterocycles. The SMILES string of the molecule is O=C(Nc1ccc(F)c(F)c1F)c1csc(-c2cnccn2)n1. The van der Waals surface area contributed by atoms with Gasteiger partial charge in [0.15, 0.2) is 17.5 Å². The molecule has 0 aliphatic rings. The van der Waals surface area contributed by atoms with Crippen molar-refractivity contribution in [1.82, 2.24) is 15.0 Å². The maximum atomic E-state index is 13.5. The quantitative estimate of drug-likeness (QED) is 0.746. The van der Waals surface area contributed by atoms with Gasteiger partial charge in [0.1, 0.15) is 16.4 Å². The molecule has 23 heavy (non-hydrogen) atoms. The van der Waals surface area contributed by atoms with Gasteiger partial charge >= 0.3 is 0 Å². The molecule has 1 aromatic carbocycles. The first-order chi connectivity index (χ1) is 11.1. The van der Waals surface area contributed by atoms with Crippen molar-refractivity contribution >= 4 is 22.9 Å². The van der Waals surface area contributed by atoms with Gasteiger partial charge in [-0.15, -0.1) is 11.3 Å². The molecule has 0 spiro atoms. The second kappa shape index (κ2) is 6.13. The molecule has 0 aliphatic heterocycles. The zero-order valence-electron chi connectivity index (χ0n) is 11.3. The van der Waals surface area contributed by atoms with Crippen molar-refractivity contribution in [3.63, 3.8) is 0 Å². The van der Waals surface area contributed by atoms with E-state index >= 15 is 0 Å². The Hall–Kier alpha value is -2.81. The van der Waals surface area contributed by atoms with Crippen LogP contribution in [0.1, 0.15) is 10.5 Å². The van der Waals surface area contributed by atoms with Gasteiger partial charge in [0, 0.05) is 17.8 Å². The van der Waals surface area contributed by atoms with Crippen molar-refractivity contribution in [2.45, 2.75) is 0 Å². The van der Waals surface area contributed by atoms with Gasteiger partial charge in [-0.25, -0.2) is 18.2 Å². The van der Waals surface area contributed by atoms with E-state index in [4.69, 9.17) is 0 Å². The van der Waals surface area contributed by atoms with E-state index in [9.17, 15) is 18.0 Å². The second-order valence-corrected chi connectivity index (χ2v) is 5.16. The summed E-state index contributed by atoms with van der Waals surface area (Å²) in [5.74, 6) is -5.20. The molecule has 2 heterocycles. The molecular formula is C14H7F3N4OS. The highest BCUT2D eigenvalue weighted by atomic mass is 32.1. The molecule has 0 bridgehead atoms. The first-order valence-corrected chi connectivity index (χ1v) is 7.11. The summed E-state index contributed by atoms with van der Waals surface area (Å²) >= 11 is 1.15. The number of halogens is 3. The van der Waals surface area contributed by atoms with Crippen LogP contribution in [0.5, 0.6) is 0 Å². The van der Waals surface area contributed by atoms with Gasteiger partial charge in [-0.3, -0.25) is 14.8 Å². The normalized spacial score (nSPS) is 10.6. The molecule has 116 valence electrons. The zero-order chi connectivity index (χ0) is 16.4. The highest BCUT2D eigenvalue weighted by Crippen LogP contribution is 2.23. The van der Waals surface area contributed by atoms with Gasteiger partial charge in [0.05, 0.1) is 11.9 Å². The number of benzene rings is 1. The van der Waals surface area contributed by atoms with E-state index in [0.717, 1.165) is 23.5 Å². The number of anilines is 1. The Balaban J connectivity index is 1.82. The summed E-state index contributed by atoms with van der Waals surface area (Å²) in [5, 5.41) is 4.04. The Morgan fingerprint density at radius 2 is 1.96 bits per heavy atom. The van der Waals surface area contributed by atoms with E-state index in [0.29, 0.717) is 10.7 Å². The van der Waals surface area contributed by atoms with Crippen molar-refractivity contribution in [3.8, 4) is 10.7 Å². The summed E-state index contributed by atoms with van der Waals surface area (Å²) in [7, 11) is 0. The van der Waals surface area contributed by atoms with E-state index in [-0.39, 0.29) is 5.69 Å². The van der Waals surface area contributed by atoms with Crippen molar-refractivity contribution in [2.24, 2.45) is 0 Å². The maximum Gasteiger partial charge on any atom is 0.275 e. The maximum absolute atomic E-state index is 13.5. The standard InChI is InChI=1S/C14H7F3N4OS/c15-7-1-2-8(12(17)11(7)16)20-13(22)10-6-23-14(21-10)9-5-18-3-4-19-9/h1-6H,(H,20,22). The van der Waals surface area contributed by atoms with Gasteiger partial charge in [-0.1, -0.05) is 0 Å². The van der Waals surface area contributed by atoms with Crippen molar-refractivity contribution in [1.29, 1.82) is 0 Å². The van der Waals surface area contributed by atoms with Crippen LogP contribution in [0.2, 0.25) is 0 Å². The summed E-state index contributed by atoms with van der Waals surface area (Å²) in [6, 6.07) is 1.65. The molecule has 1 amide bonds. The van der Waals surface area contributed by atoms with E-state index in [1.54, 1.807) is 0 Å². The van der Waals surface area contributed by atoms with E-state index < -0.39 is 29.0 Å². The van der Waals surface area contributed by atoms with Crippen LogP contribution in [-0.4, -0.2) is 20.9 Å². The number of carbonyl (C=O) groups is 1. The summed E-state index contributed by atoms with van der Waals surface area (Å²) in [4.78, 5) is 24.0. The fourth-order valence-corrected chi connectivity index (χ4v) is 2.47. The van der Waals surface area contributed by atoms with Gasteiger partial charge in [0.2, 0.25) is 0 Å². The van der Waals surface area contributed by atoms with Crippen molar-refractivity contribution < 1.29 is 18.0 Å². The monoisotopic (exact) mass is 336 g/mol. The molecule has 3 rings (SSSR count). The minimum Gasteiger partial charge on any atom is -0.318 e. The second-order valence-electron chi connectivity index (χ2n) is 4.31. The Morgan fingerprint density at radius 3 is 2.70 bits per heavy atom. The lowest BCUT2D eigenvalue weighted by Crippen LogP contribution is -2.14. The smallest absolute Gasteiger partial charge is 0.275 e. The molecule has 9 heteroatoms. The Labute approximate surface area is 131 Å². The molecule has 0 unspecified atom stereocenters. The largest absolute Gasteiger partial charge is 0.318 e. The van der Waals surface area contributed by atoms with Gasteiger partial charge in [-0.2, -0.15) is 0 Å². The van der Waals surface area contributed by atoms with E-state index in [1.807, 2.05) is 0 Å². The van der Waals surface area contributed by atoms with Gasteiger partial charge in [0.25, 0.3) is 5.91 Å². The molecule has 3 aromatic rings. The zero-order valence-corrected chi connectivity index (χ0v) is 12.1. The van der Waals surface area contributed by atoms with Crippen LogP contribution in [-0.2, 0) is 0 Å². The van der Waals surface area contributed by atoms with Crippen LogP contribution in [0, 0.1) is 17.5 Å². The van der Waals surface area contributed by atoms with Gasteiger partial charge < -0.3 is 5.32 Å². The molecule has 5 nitrogen and oxygen atoms in total.